The Balaban J connectivity index is 1.81. The molecule has 0 saturated carbocycles. The van der Waals surface area contributed by atoms with E-state index in [0.29, 0.717) is 0 Å². The van der Waals surface area contributed by atoms with Crippen LogP contribution in [0.25, 0.3) is 22.6 Å². The molecule has 4 aromatic rings. The standard InChI is InChI=1S/C24H19N/c1-3-9-20-17(6-1)12-13-18-7-2-4-10-21(18)23(20)16-19-8-5-11-24-22(19)14-15-25-24/h1-11,14-16,25H,12-13H2. The van der Waals surface area contributed by atoms with Crippen molar-refractivity contribution in [2.24, 2.45) is 0 Å². The number of hydrogen-bond donors (Lipinski definition) is 1. The van der Waals surface area contributed by atoms with E-state index < -0.39 is 0 Å². The molecule has 0 atom stereocenters. The van der Waals surface area contributed by atoms with Crippen molar-refractivity contribution < 1.29 is 0 Å². The minimum atomic E-state index is 1.10. The first-order chi connectivity index (χ1) is 12.4. The summed E-state index contributed by atoms with van der Waals surface area (Å²) in [6, 6.07) is 26.3. The fourth-order valence-electron chi connectivity index (χ4n) is 3.96. The molecule has 5 rings (SSSR count). The summed E-state index contributed by atoms with van der Waals surface area (Å²) in [5.41, 5.74) is 9.37. The highest BCUT2D eigenvalue weighted by molar-refractivity contribution is 5.99. The largest absolute Gasteiger partial charge is 0.361 e. The Hall–Kier alpha value is -3.06. The van der Waals surface area contributed by atoms with Crippen molar-refractivity contribution >= 4 is 22.6 Å². The molecule has 1 aromatic heterocycles. The van der Waals surface area contributed by atoms with Crippen LogP contribution in [-0.4, -0.2) is 4.98 Å². The molecule has 25 heavy (non-hydrogen) atoms. The average Bonchev–Trinajstić information content (AvgIpc) is 3.09. The van der Waals surface area contributed by atoms with Gasteiger partial charge in [0.15, 0.2) is 0 Å². The highest BCUT2D eigenvalue weighted by atomic mass is 14.7. The first kappa shape index (κ1) is 14.3. The molecule has 3 aromatic carbocycles. The van der Waals surface area contributed by atoms with Gasteiger partial charge in [-0.2, -0.15) is 0 Å². The van der Waals surface area contributed by atoms with Gasteiger partial charge in [-0.05, 0) is 64.4 Å². The molecule has 0 spiro atoms. The SMILES string of the molecule is C(=C1c2ccccc2CCc2ccccc21)c1cccc2[nH]ccc12. The number of aryl methyl sites for hydroxylation is 2. The molecule has 1 heteroatoms. The predicted molar refractivity (Wildman–Crippen MR) is 106 cm³/mol. The normalized spacial score (nSPS) is 13.2. The van der Waals surface area contributed by atoms with Crippen LogP contribution >= 0.6 is 0 Å². The number of aromatic amines is 1. The fourth-order valence-corrected chi connectivity index (χ4v) is 3.96. The lowest BCUT2D eigenvalue weighted by Crippen LogP contribution is -1.92. The van der Waals surface area contributed by atoms with Gasteiger partial charge < -0.3 is 4.98 Å². The number of nitrogens with one attached hydrogen (secondary N) is 1. The number of rotatable bonds is 1. The van der Waals surface area contributed by atoms with Crippen LogP contribution in [0.1, 0.15) is 27.8 Å². The lowest BCUT2D eigenvalue weighted by atomic mass is 9.92. The molecular formula is C24H19N. The summed E-state index contributed by atoms with van der Waals surface area (Å²) in [6.07, 6.45) is 6.57. The van der Waals surface area contributed by atoms with Gasteiger partial charge in [-0.15, -0.1) is 0 Å². The third kappa shape index (κ3) is 2.40. The Morgan fingerprint density at radius 1 is 0.680 bits per heavy atom. The van der Waals surface area contributed by atoms with Crippen LogP contribution in [0, 0.1) is 0 Å². The molecule has 0 bridgehead atoms. The monoisotopic (exact) mass is 321 g/mol. The summed E-state index contributed by atoms with van der Waals surface area (Å²) in [5.74, 6) is 0. The maximum absolute atomic E-state index is 3.32. The van der Waals surface area contributed by atoms with Crippen molar-refractivity contribution in [3.63, 3.8) is 0 Å². The van der Waals surface area contributed by atoms with Crippen molar-refractivity contribution in [2.45, 2.75) is 12.8 Å². The van der Waals surface area contributed by atoms with E-state index in [1.165, 1.54) is 44.3 Å². The zero-order valence-corrected chi connectivity index (χ0v) is 14.0. The summed E-state index contributed by atoms with van der Waals surface area (Å²) in [7, 11) is 0. The van der Waals surface area contributed by atoms with Gasteiger partial charge in [0.2, 0.25) is 0 Å². The molecule has 0 unspecified atom stereocenters. The van der Waals surface area contributed by atoms with E-state index in [4.69, 9.17) is 0 Å². The zero-order chi connectivity index (χ0) is 16.6. The second kappa shape index (κ2) is 5.78. The van der Waals surface area contributed by atoms with Gasteiger partial charge in [0.25, 0.3) is 0 Å². The van der Waals surface area contributed by atoms with Gasteiger partial charge in [0.1, 0.15) is 0 Å². The first-order valence-electron chi connectivity index (χ1n) is 8.84. The zero-order valence-electron chi connectivity index (χ0n) is 14.0. The van der Waals surface area contributed by atoms with Gasteiger partial charge in [-0.1, -0.05) is 60.7 Å². The highest BCUT2D eigenvalue weighted by Gasteiger charge is 2.17. The van der Waals surface area contributed by atoms with E-state index in [0.717, 1.165) is 12.8 Å². The molecule has 0 amide bonds. The maximum Gasteiger partial charge on any atom is 0.0459 e. The highest BCUT2D eigenvalue weighted by Crippen LogP contribution is 2.35. The molecule has 0 radical (unpaired) electrons. The Labute approximate surface area is 147 Å². The second-order valence-electron chi connectivity index (χ2n) is 6.66. The molecule has 0 aliphatic heterocycles. The summed E-state index contributed by atoms with van der Waals surface area (Å²) in [5, 5.41) is 1.27. The van der Waals surface area contributed by atoms with Crippen LogP contribution in [0.4, 0.5) is 0 Å². The topological polar surface area (TPSA) is 15.8 Å². The number of fused-ring (bicyclic) bond motifs is 3. The smallest absolute Gasteiger partial charge is 0.0459 e. The van der Waals surface area contributed by atoms with Gasteiger partial charge in [0.05, 0.1) is 0 Å². The minimum absolute atomic E-state index is 1.10. The molecule has 120 valence electrons. The summed E-state index contributed by atoms with van der Waals surface area (Å²) >= 11 is 0. The Kier molecular flexibility index (Phi) is 3.31. The lowest BCUT2D eigenvalue weighted by Gasteiger charge is -2.12. The van der Waals surface area contributed by atoms with Crippen molar-refractivity contribution in [2.75, 3.05) is 0 Å². The third-order valence-corrected chi connectivity index (χ3v) is 5.21. The van der Waals surface area contributed by atoms with Crippen LogP contribution < -0.4 is 0 Å². The van der Waals surface area contributed by atoms with Crippen molar-refractivity contribution in [3.05, 3.63) is 107 Å². The number of H-pyrrole nitrogens is 1. The van der Waals surface area contributed by atoms with E-state index in [-0.39, 0.29) is 0 Å². The Morgan fingerprint density at radius 2 is 1.36 bits per heavy atom. The molecule has 0 saturated heterocycles. The van der Waals surface area contributed by atoms with Crippen LogP contribution in [0.5, 0.6) is 0 Å². The van der Waals surface area contributed by atoms with Crippen LogP contribution in [0.2, 0.25) is 0 Å². The first-order valence-corrected chi connectivity index (χ1v) is 8.84. The fraction of sp³-hybridized carbons (Fsp3) is 0.0833. The van der Waals surface area contributed by atoms with Gasteiger partial charge >= 0.3 is 0 Å². The lowest BCUT2D eigenvalue weighted by molar-refractivity contribution is 0.965. The molecule has 1 aliphatic rings. The van der Waals surface area contributed by atoms with E-state index in [1.54, 1.807) is 0 Å². The molecule has 1 nitrogen and oxygen atoms in total. The van der Waals surface area contributed by atoms with Crippen molar-refractivity contribution in [3.8, 4) is 0 Å². The molecule has 1 heterocycles. The number of hydrogen-bond acceptors (Lipinski definition) is 0. The van der Waals surface area contributed by atoms with Gasteiger partial charge in [0, 0.05) is 17.1 Å². The van der Waals surface area contributed by atoms with Crippen LogP contribution in [0.3, 0.4) is 0 Å². The minimum Gasteiger partial charge on any atom is -0.361 e. The average molecular weight is 321 g/mol. The van der Waals surface area contributed by atoms with E-state index in [1.807, 2.05) is 6.20 Å². The Morgan fingerprint density at radius 3 is 2.08 bits per heavy atom. The Bertz CT molecular complexity index is 1050. The second-order valence-corrected chi connectivity index (χ2v) is 6.66. The summed E-state index contributed by atoms with van der Waals surface area (Å²) in [6.45, 7) is 0. The summed E-state index contributed by atoms with van der Waals surface area (Å²) < 4.78 is 0. The van der Waals surface area contributed by atoms with Crippen LogP contribution in [0.15, 0.2) is 79.0 Å². The maximum atomic E-state index is 3.32. The van der Waals surface area contributed by atoms with Gasteiger partial charge in [-0.3, -0.25) is 0 Å². The van der Waals surface area contributed by atoms with E-state index in [2.05, 4.69) is 83.9 Å². The predicted octanol–water partition coefficient (Wildman–Crippen LogP) is 5.86. The molecule has 0 fully saturated rings. The van der Waals surface area contributed by atoms with Crippen molar-refractivity contribution in [1.29, 1.82) is 0 Å². The molecular weight excluding hydrogens is 302 g/mol. The molecule has 1 N–H and O–H groups in total. The molecule has 1 aliphatic carbocycles. The van der Waals surface area contributed by atoms with E-state index in [9.17, 15) is 0 Å². The van der Waals surface area contributed by atoms with Crippen molar-refractivity contribution in [1.82, 2.24) is 4.98 Å². The summed E-state index contributed by atoms with van der Waals surface area (Å²) in [4.78, 5) is 3.32. The third-order valence-electron chi connectivity index (χ3n) is 5.21. The number of aromatic nitrogens is 1. The van der Waals surface area contributed by atoms with E-state index >= 15 is 0 Å². The number of benzene rings is 3. The quantitative estimate of drug-likeness (QED) is 0.452. The van der Waals surface area contributed by atoms with Crippen LogP contribution in [-0.2, 0) is 12.8 Å². The van der Waals surface area contributed by atoms with Gasteiger partial charge in [-0.25, -0.2) is 0 Å².